The van der Waals surface area contributed by atoms with Gasteiger partial charge in [0, 0.05) is 19.3 Å². The summed E-state index contributed by atoms with van der Waals surface area (Å²) >= 11 is 0. The van der Waals surface area contributed by atoms with E-state index in [1.807, 2.05) is 0 Å². The van der Waals surface area contributed by atoms with E-state index in [2.05, 4.69) is 154 Å². The molecule has 6 heteroatoms. The Balaban J connectivity index is 4.26. The van der Waals surface area contributed by atoms with E-state index in [4.69, 9.17) is 14.2 Å². The van der Waals surface area contributed by atoms with Gasteiger partial charge >= 0.3 is 17.9 Å². The first-order chi connectivity index (χ1) is 40.5. The normalized spacial score (nSPS) is 13.0. The first-order valence-corrected chi connectivity index (χ1v) is 34.2. The second kappa shape index (κ2) is 69.0. The van der Waals surface area contributed by atoms with Crippen LogP contribution in [0.1, 0.15) is 310 Å². The van der Waals surface area contributed by atoms with Gasteiger partial charge in [0.15, 0.2) is 6.10 Å². The molecule has 0 aliphatic carbocycles. The Morgan fingerprint density at radius 1 is 0.256 bits per heavy atom. The first kappa shape index (κ1) is 77.5. The summed E-state index contributed by atoms with van der Waals surface area (Å²) in [7, 11) is 0. The van der Waals surface area contributed by atoms with Crippen molar-refractivity contribution >= 4 is 17.9 Å². The molecule has 466 valence electrons. The third kappa shape index (κ3) is 66.4. The summed E-state index contributed by atoms with van der Waals surface area (Å²) in [6.45, 7) is 6.39. The van der Waals surface area contributed by atoms with Crippen molar-refractivity contribution in [2.45, 2.75) is 316 Å². The molecule has 0 fully saturated rings. The summed E-state index contributed by atoms with van der Waals surface area (Å²) in [5, 5.41) is 0. The Hall–Kier alpha value is -4.45. The molecule has 0 saturated heterocycles. The van der Waals surface area contributed by atoms with E-state index in [1.54, 1.807) is 0 Å². The number of allylic oxidation sites excluding steroid dienone is 22. The number of unbranched alkanes of at least 4 members (excludes halogenated alkanes) is 28. The fourth-order valence-corrected chi connectivity index (χ4v) is 9.32. The fraction of sp³-hybridized carbons (Fsp3) is 0.671. The minimum Gasteiger partial charge on any atom is -0.462 e. The zero-order chi connectivity index (χ0) is 59.2. The van der Waals surface area contributed by atoms with E-state index in [-0.39, 0.29) is 31.1 Å². The third-order valence-corrected chi connectivity index (χ3v) is 14.4. The van der Waals surface area contributed by atoms with Crippen LogP contribution in [0.5, 0.6) is 0 Å². The summed E-state index contributed by atoms with van der Waals surface area (Å²) in [4.78, 5) is 38.4. The average molecular weight is 1140 g/mol. The van der Waals surface area contributed by atoms with Gasteiger partial charge in [-0.15, -0.1) is 0 Å². The molecule has 0 aliphatic rings. The topological polar surface area (TPSA) is 78.9 Å². The Labute approximate surface area is 506 Å². The van der Waals surface area contributed by atoms with Crippen molar-refractivity contribution in [3.05, 3.63) is 134 Å². The smallest absolute Gasteiger partial charge is 0.306 e. The van der Waals surface area contributed by atoms with Crippen molar-refractivity contribution in [3.8, 4) is 0 Å². The zero-order valence-electron chi connectivity index (χ0n) is 53.5. The molecule has 1 unspecified atom stereocenters. The molecule has 0 heterocycles. The van der Waals surface area contributed by atoms with Crippen molar-refractivity contribution < 1.29 is 28.6 Å². The summed E-state index contributed by atoms with van der Waals surface area (Å²) in [6, 6.07) is 0. The first-order valence-electron chi connectivity index (χ1n) is 34.2. The maximum atomic E-state index is 12.9. The summed E-state index contributed by atoms with van der Waals surface area (Å²) in [5.74, 6) is -0.919. The highest BCUT2D eigenvalue weighted by atomic mass is 16.6. The largest absolute Gasteiger partial charge is 0.462 e. The predicted molar refractivity (Wildman–Crippen MR) is 357 cm³/mol. The van der Waals surface area contributed by atoms with Crippen molar-refractivity contribution in [2.75, 3.05) is 13.2 Å². The van der Waals surface area contributed by atoms with Crippen molar-refractivity contribution in [1.29, 1.82) is 0 Å². The van der Waals surface area contributed by atoms with Crippen LogP contribution >= 0.6 is 0 Å². The van der Waals surface area contributed by atoms with Crippen LogP contribution in [0, 0.1) is 0 Å². The Morgan fingerprint density at radius 2 is 0.476 bits per heavy atom. The maximum absolute atomic E-state index is 12.9. The van der Waals surface area contributed by atoms with Gasteiger partial charge in [0.2, 0.25) is 0 Å². The van der Waals surface area contributed by atoms with Gasteiger partial charge in [0.1, 0.15) is 13.2 Å². The van der Waals surface area contributed by atoms with Gasteiger partial charge in [-0.3, -0.25) is 14.4 Å². The minimum absolute atomic E-state index is 0.0922. The van der Waals surface area contributed by atoms with Gasteiger partial charge in [-0.2, -0.15) is 0 Å². The van der Waals surface area contributed by atoms with Crippen LogP contribution in [0.25, 0.3) is 0 Å². The molecule has 0 saturated carbocycles. The quantitative estimate of drug-likeness (QED) is 0.0261. The standard InChI is InChI=1S/C76H126O6/c1-4-7-10-13-16-19-22-25-28-30-31-32-33-34-35-36-37-38-39-40-41-42-43-44-45-47-48-51-54-57-60-63-66-69-75(78)81-72-73(71-80-74(77)68-65-62-59-56-53-50-27-24-21-18-15-12-9-6-3)82-76(79)70-67-64-61-58-55-52-49-46-29-26-23-20-17-14-11-8-5-2/h7-8,10-11,16-17,19-20,24-29,31-32,34-35,37-38,49,52,73H,4-6,9,12-15,18,21-23,30,33,36,39-48,50-51,53-72H2,1-3H3/b10-7-,11-8-,19-16-,20-17-,27-24-,28-25-,29-26-,32-31-,35-34-,38-37-,52-49-. The molecule has 0 aliphatic heterocycles. The van der Waals surface area contributed by atoms with E-state index in [0.717, 1.165) is 141 Å². The summed E-state index contributed by atoms with van der Waals surface area (Å²) < 4.78 is 16.9. The number of ether oxygens (including phenoxy) is 3. The number of carbonyl (C=O) groups excluding carboxylic acids is 3. The monoisotopic (exact) mass is 1130 g/mol. The number of hydrogen-bond donors (Lipinski definition) is 0. The van der Waals surface area contributed by atoms with Crippen LogP contribution < -0.4 is 0 Å². The highest BCUT2D eigenvalue weighted by molar-refractivity contribution is 5.71. The van der Waals surface area contributed by atoms with Crippen LogP contribution in [-0.2, 0) is 28.6 Å². The lowest BCUT2D eigenvalue weighted by Crippen LogP contribution is -2.30. The molecule has 0 spiro atoms. The molecule has 0 rings (SSSR count). The van der Waals surface area contributed by atoms with Crippen LogP contribution in [0.2, 0.25) is 0 Å². The lowest BCUT2D eigenvalue weighted by atomic mass is 10.0. The van der Waals surface area contributed by atoms with Gasteiger partial charge in [-0.25, -0.2) is 0 Å². The summed E-state index contributed by atoms with van der Waals surface area (Å²) in [6.07, 6.45) is 97.6. The predicted octanol–water partition coefficient (Wildman–Crippen LogP) is 23.7. The van der Waals surface area contributed by atoms with E-state index in [1.165, 1.54) is 128 Å². The molecule has 1 atom stereocenters. The van der Waals surface area contributed by atoms with Crippen LogP contribution in [0.4, 0.5) is 0 Å². The minimum atomic E-state index is -0.799. The lowest BCUT2D eigenvalue weighted by molar-refractivity contribution is -0.167. The van der Waals surface area contributed by atoms with Gasteiger partial charge in [-0.05, 0) is 135 Å². The molecule has 0 amide bonds. The summed E-state index contributed by atoms with van der Waals surface area (Å²) in [5.41, 5.74) is 0. The van der Waals surface area contributed by atoms with Gasteiger partial charge in [0.25, 0.3) is 0 Å². The number of esters is 3. The molecule has 6 nitrogen and oxygen atoms in total. The lowest BCUT2D eigenvalue weighted by Gasteiger charge is -2.18. The van der Waals surface area contributed by atoms with E-state index in [9.17, 15) is 14.4 Å². The van der Waals surface area contributed by atoms with E-state index < -0.39 is 6.10 Å². The second-order valence-corrected chi connectivity index (χ2v) is 22.3. The van der Waals surface area contributed by atoms with Crippen molar-refractivity contribution in [1.82, 2.24) is 0 Å². The molecule has 0 aromatic carbocycles. The van der Waals surface area contributed by atoms with Gasteiger partial charge in [-0.1, -0.05) is 289 Å². The molecule has 82 heavy (non-hydrogen) atoms. The molecule has 0 aromatic rings. The van der Waals surface area contributed by atoms with E-state index >= 15 is 0 Å². The third-order valence-electron chi connectivity index (χ3n) is 14.4. The Bertz CT molecular complexity index is 1730. The molecular formula is C76H126O6. The Morgan fingerprint density at radius 3 is 0.756 bits per heavy atom. The Kier molecular flexibility index (Phi) is 65.3. The maximum Gasteiger partial charge on any atom is 0.306 e. The molecule has 0 N–H and O–H groups in total. The highest BCUT2D eigenvalue weighted by Gasteiger charge is 2.19. The number of carbonyl (C=O) groups is 3. The highest BCUT2D eigenvalue weighted by Crippen LogP contribution is 2.16. The zero-order valence-corrected chi connectivity index (χ0v) is 53.5. The van der Waals surface area contributed by atoms with Crippen LogP contribution in [0.15, 0.2) is 134 Å². The van der Waals surface area contributed by atoms with E-state index in [0.29, 0.717) is 19.3 Å². The van der Waals surface area contributed by atoms with Crippen LogP contribution in [0.3, 0.4) is 0 Å². The van der Waals surface area contributed by atoms with Gasteiger partial charge < -0.3 is 14.2 Å². The second-order valence-electron chi connectivity index (χ2n) is 22.3. The average Bonchev–Trinajstić information content (AvgIpc) is 3.47. The van der Waals surface area contributed by atoms with Crippen molar-refractivity contribution in [3.63, 3.8) is 0 Å². The number of rotatable bonds is 61. The molecule has 0 bridgehead atoms. The van der Waals surface area contributed by atoms with Crippen LogP contribution in [-0.4, -0.2) is 37.2 Å². The molecule has 0 aromatic heterocycles. The molecular weight excluding hydrogens is 1010 g/mol. The van der Waals surface area contributed by atoms with Crippen molar-refractivity contribution in [2.24, 2.45) is 0 Å². The number of hydrogen-bond acceptors (Lipinski definition) is 6. The fourth-order valence-electron chi connectivity index (χ4n) is 9.32. The molecule has 0 radical (unpaired) electrons. The van der Waals surface area contributed by atoms with Gasteiger partial charge in [0.05, 0.1) is 0 Å². The SMILES string of the molecule is CC/C=C\C/C=C\C/C=C\C/C=C\C/C=C\C/C=C\CCCCCCCCCCCCCCCCC(=O)OCC(COC(=O)CCCCCCC/C=C\CCCCCCC)OC(=O)CCCCCC/C=C\C/C=C\C/C=C\C/C=C\CC.